The molecule has 0 spiro atoms. The van der Waals surface area contributed by atoms with Gasteiger partial charge in [-0.3, -0.25) is 14.6 Å². The summed E-state index contributed by atoms with van der Waals surface area (Å²) in [4.78, 5) is 29.8. The van der Waals surface area contributed by atoms with Crippen LogP contribution in [0.1, 0.15) is 46.2 Å². The summed E-state index contributed by atoms with van der Waals surface area (Å²) in [5, 5.41) is 24.2. The predicted molar refractivity (Wildman–Crippen MR) is 128 cm³/mol. The molecule has 1 aliphatic heterocycles. The molecule has 0 bridgehead atoms. The Morgan fingerprint density at radius 2 is 2.00 bits per heavy atom. The molecular formula is C25H34ClFN2O5. The van der Waals surface area contributed by atoms with Crippen LogP contribution in [0.2, 0.25) is 0 Å². The average molecular weight is 497 g/mol. The number of hydrogen-bond donors (Lipinski definition) is 3. The summed E-state index contributed by atoms with van der Waals surface area (Å²) < 4.78 is 20.7. The summed E-state index contributed by atoms with van der Waals surface area (Å²) in [5.41, 5.74) is -0.927. The van der Waals surface area contributed by atoms with Crippen molar-refractivity contribution in [3.63, 3.8) is 0 Å². The maximum absolute atomic E-state index is 15.1. The SMILES string of the molecule is C[C@H]1COC/C(Cl)=C\C[C@@H](/C(F)=C/c2ccccn2)NC(=O)C[C@H](O)C(C)(C)C(=O)[C@H](C)[C@H]1O. The summed E-state index contributed by atoms with van der Waals surface area (Å²) in [6.45, 7) is 6.59. The Balaban J connectivity index is 2.33. The molecule has 0 fully saturated rings. The number of nitrogens with zero attached hydrogens (tertiary/aromatic N) is 1. The van der Waals surface area contributed by atoms with Gasteiger partial charge in [0.15, 0.2) is 0 Å². The van der Waals surface area contributed by atoms with Gasteiger partial charge in [-0.2, -0.15) is 0 Å². The zero-order valence-corrected chi connectivity index (χ0v) is 20.8. The lowest BCUT2D eigenvalue weighted by Crippen LogP contribution is -2.47. The van der Waals surface area contributed by atoms with Crippen molar-refractivity contribution in [2.75, 3.05) is 13.2 Å². The minimum atomic E-state index is -1.34. The number of hydrogen-bond acceptors (Lipinski definition) is 6. The lowest BCUT2D eigenvalue weighted by molar-refractivity contribution is -0.143. The highest BCUT2D eigenvalue weighted by Crippen LogP contribution is 2.31. The second-order valence-electron chi connectivity index (χ2n) is 9.37. The van der Waals surface area contributed by atoms with Crippen molar-refractivity contribution in [2.45, 2.75) is 58.8 Å². The maximum Gasteiger partial charge on any atom is 0.223 e. The molecule has 0 aromatic carbocycles. The van der Waals surface area contributed by atoms with Gasteiger partial charge in [0.05, 0.1) is 49.0 Å². The minimum absolute atomic E-state index is 0.0384. The molecule has 3 N–H and O–H groups in total. The van der Waals surface area contributed by atoms with Crippen LogP contribution >= 0.6 is 11.6 Å². The number of pyridine rings is 1. The standard InChI is InChI=1S/C25H34ClFN2O5/c1-15-13-34-14-17(26)8-9-20(19(27)11-18-7-5-6-10-28-18)29-22(31)12-21(30)25(3,4)24(33)16(2)23(15)32/h5-8,10-11,15-16,20-21,23,30,32H,9,12-14H2,1-4H3,(H,29,31)/b17-8+,19-11-/t15-,16+,20-,21-,23-/m0/s1. The van der Waals surface area contributed by atoms with Crippen LogP contribution in [0.15, 0.2) is 41.3 Å². The Labute approximate surface area is 205 Å². The Hall–Kier alpha value is -2.13. The van der Waals surface area contributed by atoms with Gasteiger partial charge in [-0.25, -0.2) is 4.39 Å². The monoisotopic (exact) mass is 496 g/mol. The van der Waals surface area contributed by atoms with E-state index in [4.69, 9.17) is 16.3 Å². The largest absolute Gasteiger partial charge is 0.392 e. The van der Waals surface area contributed by atoms with Crippen LogP contribution < -0.4 is 5.32 Å². The number of nitrogens with one attached hydrogen (secondary N) is 1. The first kappa shape index (κ1) is 28.1. The van der Waals surface area contributed by atoms with Crippen molar-refractivity contribution in [1.82, 2.24) is 10.3 Å². The lowest BCUT2D eigenvalue weighted by atomic mass is 9.73. The first-order valence-corrected chi connectivity index (χ1v) is 11.7. The van der Waals surface area contributed by atoms with Gasteiger partial charge in [-0.15, -0.1) is 0 Å². The number of ketones is 1. The number of Topliss-reactive ketones (excluding diaryl/α,β-unsaturated/α-hetero) is 1. The summed E-state index contributed by atoms with van der Waals surface area (Å²) >= 11 is 6.22. The molecule has 5 atom stereocenters. The van der Waals surface area contributed by atoms with Crippen LogP contribution in [0.3, 0.4) is 0 Å². The molecule has 1 aromatic rings. The third-order valence-corrected chi connectivity index (χ3v) is 6.46. The third kappa shape index (κ3) is 7.70. The van der Waals surface area contributed by atoms with E-state index in [0.717, 1.165) is 0 Å². The molecule has 0 radical (unpaired) electrons. The maximum atomic E-state index is 15.1. The molecule has 1 amide bonds. The number of halogens is 2. The summed E-state index contributed by atoms with van der Waals surface area (Å²) in [6, 6.07) is 3.99. The molecule has 2 heterocycles. The fraction of sp³-hybridized carbons (Fsp3) is 0.560. The number of ether oxygens (including phenoxy) is 1. The van der Waals surface area contributed by atoms with Crippen LogP contribution in [-0.2, 0) is 14.3 Å². The van der Waals surface area contributed by atoms with E-state index in [0.29, 0.717) is 10.7 Å². The van der Waals surface area contributed by atoms with E-state index in [1.807, 2.05) is 0 Å². The summed E-state index contributed by atoms with van der Waals surface area (Å²) in [6.07, 6.45) is 1.59. The highest BCUT2D eigenvalue weighted by molar-refractivity contribution is 6.29. The Morgan fingerprint density at radius 3 is 2.65 bits per heavy atom. The first-order valence-electron chi connectivity index (χ1n) is 11.3. The van der Waals surface area contributed by atoms with Crippen molar-refractivity contribution in [3.05, 3.63) is 47.0 Å². The second kappa shape index (κ2) is 12.5. The molecule has 9 heteroatoms. The van der Waals surface area contributed by atoms with Gasteiger partial charge in [-0.1, -0.05) is 51.4 Å². The van der Waals surface area contributed by atoms with E-state index in [1.54, 1.807) is 38.1 Å². The summed E-state index contributed by atoms with van der Waals surface area (Å²) in [5.74, 6) is -2.81. The van der Waals surface area contributed by atoms with Crippen molar-refractivity contribution in [2.24, 2.45) is 17.3 Å². The fourth-order valence-corrected chi connectivity index (χ4v) is 3.94. The molecule has 1 aliphatic rings. The van der Waals surface area contributed by atoms with E-state index in [2.05, 4.69) is 10.3 Å². The zero-order valence-electron chi connectivity index (χ0n) is 20.0. The first-order chi connectivity index (χ1) is 15.9. The molecule has 188 valence electrons. The van der Waals surface area contributed by atoms with Gasteiger partial charge in [0, 0.05) is 23.1 Å². The number of carbonyl (C=O) groups excluding carboxylic acids is 2. The van der Waals surface area contributed by atoms with Crippen molar-refractivity contribution >= 4 is 29.4 Å². The third-order valence-electron chi connectivity index (χ3n) is 6.19. The van der Waals surface area contributed by atoms with Gasteiger partial charge in [0.2, 0.25) is 5.91 Å². The Morgan fingerprint density at radius 1 is 1.29 bits per heavy atom. The van der Waals surface area contributed by atoms with Gasteiger partial charge in [0.1, 0.15) is 11.6 Å². The van der Waals surface area contributed by atoms with E-state index in [1.165, 1.54) is 26.1 Å². The molecular weight excluding hydrogens is 463 g/mol. The zero-order chi connectivity index (χ0) is 25.5. The number of aliphatic hydroxyl groups excluding tert-OH is 2. The number of rotatable bonds is 2. The average Bonchev–Trinajstić information content (AvgIpc) is 2.79. The van der Waals surface area contributed by atoms with E-state index < -0.39 is 47.7 Å². The van der Waals surface area contributed by atoms with Crippen LogP contribution in [0, 0.1) is 17.3 Å². The number of carbonyl (C=O) groups is 2. The number of aromatic nitrogens is 1. The quantitative estimate of drug-likeness (QED) is 0.579. The molecule has 0 saturated carbocycles. The molecule has 0 aliphatic carbocycles. The van der Waals surface area contributed by atoms with E-state index >= 15 is 4.39 Å². The highest BCUT2D eigenvalue weighted by atomic mass is 35.5. The van der Waals surface area contributed by atoms with Crippen molar-refractivity contribution in [1.29, 1.82) is 0 Å². The van der Waals surface area contributed by atoms with Crippen LogP contribution in [0.5, 0.6) is 0 Å². The minimum Gasteiger partial charge on any atom is -0.392 e. The Kier molecular flexibility index (Phi) is 10.4. The molecule has 0 unspecified atom stereocenters. The second-order valence-corrected chi connectivity index (χ2v) is 9.85. The molecule has 0 saturated heterocycles. The molecule has 1 aromatic heterocycles. The lowest BCUT2D eigenvalue weighted by Gasteiger charge is -2.34. The van der Waals surface area contributed by atoms with E-state index in [-0.39, 0.29) is 31.3 Å². The van der Waals surface area contributed by atoms with Gasteiger partial charge in [-0.05, 0) is 24.6 Å². The predicted octanol–water partition coefficient (Wildman–Crippen LogP) is 3.40. The van der Waals surface area contributed by atoms with Crippen LogP contribution in [0.25, 0.3) is 6.08 Å². The normalized spacial score (nSPS) is 31.9. The van der Waals surface area contributed by atoms with Crippen molar-refractivity contribution in [3.8, 4) is 0 Å². The van der Waals surface area contributed by atoms with Gasteiger partial charge >= 0.3 is 0 Å². The van der Waals surface area contributed by atoms with Gasteiger partial charge < -0.3 is 20.3 Å². The van der Waals surface area contributed by atoms with E-state index in [9.17, 15) is 19.8 Å². The highest BCUT2D eigenvalue weighted by Gasteiger charge is 2.42. The fourth-order valence-electron chi connectivity index (χ4n) is 3.77. The molecule has 7 nitrogen and oxygen atoms in total. The summed E-state index contributed by atoms with van der Waals surface area (Å²) in [7, 11) is 0. The molecule has 2 rings (SSSR count). The van der Waals surface area contributed by atoms with Gasteiger partial charge in [0.25, 0.3) is 0 Å². The number of aliphatic hydroxyl groups is 2. The molecule has 34 heavy (non-hydrogen) atoms. The van der Waals surface area contributed by atoms with Crippen molar-refractivity contribution < 1.29 is 28.9 Å². The topological polar surface area (TPSA) is 109 Å². The number of amides is 1. The Bertz CT molecular complexity index is 906. The van der Waals surface area contributed by atoms with Crippen LogP contribution in [0.4, 0.5) is 4.39 Å². The smallest absolute Gasteiger partial charge is 0.223 e. The van der Waals surface area contributed by atoms with Crippen LogP contribution in [-0.4, -0.2) is 58.4 Å².